The maximum atomic E-state index is 12.3. The highest BCUT2D eigenvalue weighted by atomic mass is 16.2. The van der Waals surface area contributed by atoms with Gasteiger partial charge in [-0.05, 0) is 59.8 Å². The Labute approximate surface area is 105 Å². The van der Waals surface area contributed by atoms with Gasteiger partial charge in [-0.3, -0.25) is 4.79 Å². The smallest absolute Gasteiger partial charge is 0.240 e. The fraction of sp³-hybridized carbons (Fsp3) is 0.923. The highest BCUT2D eigenvalue weighted by molar-refractivity contribution is 5.86. The summed E-state index contributed by atoms with van der Waals surface area (Å²) in [4.78, 5) is 14.4. The van der Waals surface area contributed by atoms with Crippen LogP contribution in [0.1, 0.15) is 39.5 Å². The maximum absolute atomic E-state index is 12.3. The molecule has 1 fully saturated rings. The van der Waals surface area contributed by atoms with E-state index in [9.17, 15) is 4.79 Å². The molecule has 0 bridgehead atoms. The van der Waals surface area contributed by atoms with Crippen molar-refractivity contribution < 1.29 is 4.79 Å². The van der Waals surface area contributed by atoms with Gasteiger partial charge in [0.2, 0.25) is 5.91 Å². The van der Waals surface area contributed by atoms with Crippen LogP contribution in [0.25, 0.3) is 0 Å². The minimum absolute atomic E-state index is 0.184. The molecule has 1 heterocycles. The first-order chi connectivity index (χ1) is 8.00. The molecule has 2 unspecified atom stereocenters. The zero-order valence-corrected chi connectivity index (χ0v) is 11.7. The quantitative estimate of drug-likeness (QED) is 0.728. The van der Waals surface area contributed by atoms with Crippen LogP contribution >= 0.6 is 0 Å². The summed E-state index contributed by atoms with van der Waals surface area (Å²) in [7, 11) is 4.11. The Kier molecular flexibility index (Phi) is 5.40. The van der Waals surface area contributed by atoms with E-state index in [0.29, 0.717) is 0 Å². The van der Waals surface area contributed by atoms with E-state index in [-0.39, 0.29) is 17.5 Å². The number of hydrogen-bond acceptors (Lipinski definition) is 3. The van der Waals surface area contributed by atoms with Crippen molar-refractivity contribution in [3.8, 4) is 0 Å². The van der Waals surface area contributed by atoms with E-state index < -0.39 is 0 Å². The molecule has 0 radical (unpaired) electrons. The summed E-state index contributed by atoms with van der Waals surface area (Å²) in [5.74, 6) is 0.184. The van der Waals surface area contributed by atoms with Crippen LogP contribution in [-0.4, -0.2) is 49.6 Å². The molecule has 1 aliphatic heterocycles. The Bertz CT molecular complexity index is 247. The number of carbonyl (C=O) groups is 1. The molecule has 0 aliphatic carbocycles. The van der Waals surface area contributed by atoms with E-state index in [1.54, 1.807) is 0 Å². The van der Waals surface area contributed by atoms with E-state index in [1.165, 1.54) is 0 Å². The Morgan fingerprint density at radius 3 is 2.71 bits per heavy atom. The van der Waals surface area contributed by atoms with Crippen LogP contribution in [0.5, 0.6) is 0 Å². The Hall–Kier alpha value is -0.610. The Balaban J connectivity index is 2.41. The van der Waals surface area contributed by atoms with Gasteiger partial charge in [-0.25, -0.2) is 0 Å². The Morgan fingerprint density at radius 2 is 2.24 bits per heavy atom. The lowest BCUT2D eigenvalue weighted by molar-refractivity contribution is -0.128. The van der Waals surface area contributed by atoms with E-state index in [2.05, 4.69) is 43.5 Å². The normalized spacial score (nSPS) is 26.2. The first kappa shape index (κ1) is 14.5. The predicted molar refractivity (Wildman–Crippen MR) is 71.0 cm³/mol. The fourth-order valence-electron chi connectivity index (χ4n) is 2.35. The van der Waals surface area contributed by atoms with Crippen LogP contribution in [0.15, 0.2) is 0 Å². The van der Waals surface area contributed by atoms with Gasteiger partial charge in [0.05, 0.1) is 5.54 Å². The third-order valence-electron chi connectivity index (χ3n) is 3.67. The summed E-state index contributed by atoms with van der Waals surface area (Å²) < 4.78 is 0. The van der Waals surface area contributed by atoms with Crippen molar-refractivity contribution in [2.45, 2.75) is 51.1 Å². The van der Waals surface area contributed by atoms with Gasteiger partial charge in [0.25, 0.3) is 0 Å². The van der Waals surface area contributed by atoms with Gasteiger partial charge in [0.1, 0.15) is 0 Å². The van der Waals surface area contributed by atoms with Crippen LogP contribution in [0.4, 0.5) is 0 Å². The molecule has 0 saturated carbocycles. The molecule has 2 atom stereocenters. The molecule has 0 aromatic carbocycles. The highest BCUT2D eigenvalue weighted by Gasteiger charge is 2.39. The molecule has 0 spiro atoms. The minimum Gasteiger partial charge on any atom is -0.352 e. The lowest BCUT2D eigenvalue weighted by Gasteiger charge is -2.29. The summed E-state index contributed by atoms with van der Waals surface area (Å²) in [6.45, 7) is 6.14. The number of rotatable bonds is 6. The summed E-state index contributed by atoms with van der Waals surface area (Å²) in [5.41, 5.74) is -0.299. The summed E-state index contributed by atoms with van der Waals surface area (Å²) >= 11 is 0. The third-order valence-corrected chi connectivity index (χ3v) is 3.67. The van der Waals surface area contributed by atoms with Gasteiger partial charge in [0, 0.05) is 6.04 Å². The Morgan fingerprint density at radius 1 is 1.53 bits per heavy atom. The van der Waals surface area contributed by atoms with Gasteiger partial charge >= 0.3 is 0 Å². The minimum atomic E-state index is -0.299. The summed E-state index contributed by atoms with van der Waals surface area (Å²) in [5, 5.41) is 6.51. The van der Waals surface area contributed by atoms with E-state index in [0.717, 1.165) is 38.8 Å². The molecule has 0 aromatic rings. The van der Waals surface area contributed by atoms with E-state index in [1.807, 2.05) is 0 Å². The van der Waals surface area contributed by atoms with Crippen molar-refractivity contribution in [3.05, 3.63) is 0 Å². The number of nitrogens with zero attached hydrogens (tertiary/aromatic N) is 1. The van der Waals surface area contributed by atoms with Gasteiger partial charge in [-0.2, -0.15) is 0 Å². The molecule has 0 aromatic heterocycles. The topological polar surface area (TPSA) is 44.4 Å². The number of amides is 1. The highest BCUT2D eigenvalue weighted by Crippen LogP contribution is 2.23. The van der Waals surface area contributed by atoms with Crippen LogP contribution in [0, 0.1) is 0 Å². The van der Waals surface area contributed by atoms with Gasteiger partial charge < -0.3 is 15.5 Å². The van der Waals surface area contributed by atoms with Crippen molar-refractivity contribution >= 4 is 5.91 Å². The molecule has 1 aliphatic rings. The SMILES string of the molecule is CCC1(C(=O)NC(C)CCN(C)C)CCCN1. The molecule has 4 heteroatoms. The second-order valence-electron chi connectivity index (χ2n) is 5.43. The largest absolute Gasteiger partial charge is 0.352 e. The first-order valence-electron chi connectivity index (χ1n) is 6.71. The van der Waals surface area contributed by atoms with Crippen LogP contribution < -0.4 is 10.6 Å². The lowest BCUT2D eigenvalue weighted by atomic mass is 9.92. The first-order valence-corrected chi connectivity index (χ1v) is 6.71. The molecule has 1 amide bonds. The number of nitrogens with one attached hydrogen (secondary N) is 2. The molecule has 1 saturated heterocycles. The van der Waals surface area contributed by atoms with E-state index in [4.69, 9.17) is 0 Å². The van der Waals surface area contributed by atoms with Crippen molar-refractivity contribution in [1.29, 1.82) is 0 Å². The zero-order chi connectivity index (χ0) is 12.9. The maximum Gasteiger partial charge on any atom is 0.240 e. The second kappa shape index (κ2) is 6.36. The van der Waals surface area contributed by atoms with Crippen LogP contribution in [-0.2, 0) is 4.79 Å². The predicted octanol–water partition coefficient (Wildman–Crippen LogP) is 0.975. The number of carbonyl (C=O) groups excluding carboxylic acids is 1. The summed E-state index contributed by atoms with van der Waals surface area (Å²) in [6, 6.07) is 0.246. The van der Waals surface area contributed by atoms with Crippen molar-refractivity contribution in [3.63, 3.8) is 0 Å². The second-order valence-corrected chi connectivity index (χ2v) is 5.43. The van der Waals surface area contributed by atoms with Gasteiger partial charge in [-0.1, -0.05) is 6.92 Å². The molecule has 1 rings (SSSR count). The molecule has 4 nitrogen and oxygen atoms in total. The number of hydrogen-bond donors (Lipinski definition) is 2. The van der Waals surface area contributed by atoms with Crippen molar-refractivity contribution in [2.24, 2.45) is 0 Å². The van der Waals surface area contributed by atoms with Crippen LogP contribution in [0.3, 0.4) is 0 Å². The van der Waals surface area contributed by atoms with E-state index >= 15 is 0 Å². The van der Waals surface area contributed by atoms with Gasteiger partial charge in [-0.15, -0.1) is 0 Å². The van der Waals surface area contributed by atoms with Gasteiger partial charge in [0.15, 0.2) is 0 Å². The molecule has 17 heavy (non-hydrogen) atoms. The summed E-state index contributed by atoms with van der Waals surface area (Å²) in [6.07, 6.45) is 3.95. The lowest BCUT2D eigenvalue weighted by Crippen LogP contribution is -2.55. The third kappa shape index (κ3) is 3.96. The standard InChI is InChI=1S/C13H27N3O/c1-5-13(8-6-9-14-13)12(17)15-11(2)7-10-16(3)4/h11,14H,5-10H2,1-4H3,(H,15,17). The monoisotopic (exact) mass is 241 g/mol. The molecular weight excluding hydrogens is 214 g/mol. The fourth-order valence-corrected chi connectivity index (χ4v) is 2.35. The van der Waals surface area contributed by atoms with Crippen molar-refractivity contribution in [2.75, 3.05) is 27.2 Å². The van der Waals surface area contributed by atoms with Crippen LogP contribution in [0.2, 0.25) is 0 Å². The molecule has 2 N–H and O–H groups in total. The zero-order valence-electron chi connectivity index (χ0n) is 11.7. The van der Waals surface area contributed by atoms with Crippen molar-refractivity contribution in [1.82, 2.24) is 15.5 Å². The average Bonchev–Trinajstić information content (AvgIpc) is 2.76. The average molecular weight is 241 g/mol. The molecular formula is C13H27N3O. The molecule has 100 valence electrons.